The van der Waals surface area contributed by atoms with E-state index >= 15 is 0 Å². The minimum absolute atomic E-state index is 0.438. The normalized spacial score (nSPS) is 19.9. The van der Waals surface area contributed by atoms with E-state index in [1.165, 1.54) is 32.1 Å². The maximum Gasteiger partial charge on any atom is 0.227 e. The molecule has 90 valence electrons. The number of aliphatic hydroxyl groups is 1. The summed E-state index contributed by atoms with van der Waals surface area (Å²) in [6, 6.07) is 0. The van der Waals surface area contributed by atoms with Gasteiger partial charge in [0.1, 0.15) is 6.10 Å². The molecule has 1 aromatic rings. The van der Waals surface area contributed by atoms with Crippen molar-refractivity contribution in [3.05, 3.63) is 11.7 Å². The Morgan fingerprint density at radius 3 is 2.81 bits per heavy atom. The number of hydrogen-bond donors (Lipinski definition) is 1. The zero-order valence-electron chi connectivity index (χ0n) is 9.85. The van der Waals surface area contributed by atoms with Crippen LogP contribution in [0.15, 0.2) is 4.52 Å². The van der Waals surface area contributed by atoms with Gasteiger partial charge in [0, 0.05) is 6.42 Å². The molecule has 1 saturated carbocycles. The van der Waals surface area contributed by atoms with Gasteiger partial charge in [0.15, 0.2) is 5.82 Å². The first-order chi connectivity index (χ1) is 7.79. The van der Waals surface area contributed by atoms with E-state index in [2.05, 4.69) is 10.1 Å². The Hall–Kier alpha value is -0.900. The maximum absolute atomic E-state index is 9.56. The van der Waals surface area contributed by atoms with Crippen LogP contribution >= 0.6 is 0 Å². The highest BCUT2D eigenvalue weighted by atomic mass is 16.5. The van der Waals surface area contributed by atoms with E-state index < -0.39 is 6.10 Å². The van der Waals surface area contributed by atoms with Crippen molar-refractivity contribution in [2.75, 3.05) is 0 Å². The summed E-state index contributed by atoms with van der Waals surface area (Å²) < 4.78 is 5.17. The third kappa shape index (κ3) is 2.82. The van der Waals surface area contributed by atoms with Gasteiger partial charge >= 0.3 is 0 Å². The lowest BCUT2D eigenvalue weighted by atomic mass is 9.87. The van der Waals surface area contributed by atoms with Crippen LogP contribution in [-0.4, -0.2) is 15.2 Å². The van der Waals surface area contributed by atoms with Crippen molar-refractivity contribution in [2.24, 2.45) is 5.92 Å². The molecule has 1 N–H and O–H groups in total. The van der Waals surface area contributed by atoms with Crippen molar-refractivity contribution in [2.45, 2.75) is 58.0 Å². The molecule has 0 bridgehead atoms. The van der Waals surface area contributed by atoms with Crippen molar-refractivity contribution in [3.63, 3.8) is 0 Å². The molecule has 0 amide bonds. The van der Waals surface area contributed by atoms with Crippen molar-refractivity contribution < 1.29 is 9.63 Å². The Labute approximate surface area is 96.1 Å². The van der Waals surface area contributed by atoms with E-state index in [4.69, 9.17) is 4.52 Å². The highest BCUT2D eigenvalue weighted by Gasteiger charge is 2.19. The monoisotopic (exact) mass is 224 g/mol. The molecule has 1 heterocycles. The second kappa shape index (κ2) is 5.43. The van der Waals surface area contributed by atoms with E-state index in [0.717, 1.165) is 6.42 Å². The summed E-state index contributed by atoms with van der Waals surface area (Å²) in [7, 11) is 0. The molecule has 1 aliphatic rings. The number of nitrogens with zero attached hydrogens (tertiary/aromatic N) is 2. The predicted octanol–water partition coefficient (Wildman–Crippen LogP) is 2.64. The summed E-state index contributed by atoms with van der Waals surface area (Å²) in [6.45, 7) is 1.90. The highest BCUT2D eigenvalue weighted by molar-refractivity contribution is 4.91. The third-order valence-electron chi connectivity index (χ3n) is 3.36. The topological polar surface area (TPSA) is 59.2 Å². The molecular weight excluding hydrogens is 204 g/mol. The van der Waals surface area contributed by atoms with Crippen LogP contribution in [0.1, 0.15) is 63.3 Å². The Morgan fingerprint density at radius 2 is 2.12 bits per heavy atom. The van der Waals surface area contributed by atoms with Crippen LogP contribution < -0.4 is 0 Å². The van der Waals surface area contributed by atoms with Gasteiger partial charge in [-0.3, -0.25) is 0 Å². The molecule has 16 heavy (non-hydrogen) atoms. The average molecular weight is 224 g/mol. The summed E-state index contributed by atoms with van der Waals surface area (Å²) in [5, 5.41) is 13.4. The minimum Gasteiger partial charge on any atom is -0.385 e. The lowest BCUT2D eigenvalue weighted by molar-refractivity contribution is 0.159. The molecule has 0 aliphatic heterocycles. The van der Waals surface area contributed by atoms with Gasteiger partial charge in [-0.05, 0) is 25.2 Å². The molecule has 1 aromatic heterocycles. The van der Waals surface area contributed by atoms with Crippen LogP contribution in [0.25, 0.3) is 0 Å². The van der Waals surface area contributed by atoms with E-state index in [0.29, 0.717) is 24.1 Å². The largest absolute Gasteiger partial charge is 0.385 e. The predicted molar refractivity (Wildman–Crippen MR) is 59.8 cm³/mol. The Morgan fingerprint density at radius 1 is 1.38 bits per heavy atom. The Balaban J connectivity index is 1.91. The molecule has 1 atom stereocenters. The average Bonchev–Trinajstić information content (AvgIpc) is 2.78. The van der Waals surface area contributed by atoms with E-state index in [1.54, 1.807) is 0 Å². The maximum atomic E-state index is 9.56. The fraction of sp³-hybridized carbons (Fsp3) is 0.833. The summed E-state index contributed by atoms with van der Waals surface area (Å²) in [5.41, 5.74) is 0. The van der Waals surface area contributed by atoms with Crippen molar-refractivity contribution >= 4 is 0 Å². The van der Waals surface area contributed by atoms with Gasteiger partial charge in [0.05, 0.1) is 0 Å². The summed E-state index contributed by atoms with van der Waals surface area (Å²) >= 11 is 0. The summed E-state index contributed by atoms with van der Waals surface area (Å²) in [4.78, 5) is 4.25. The number of aromatic nitrogens is 2. The SMILES string of the molecule is CCC(O)c1noc(CC2CCCCC2)n1. The van der Waals surface area contributed by atoms with Gasteiger partial charge in [-0.15, -0.1) is 0 Å². The van der Waals surface area contributed by atoms with Crippen LogP contribution in [-0.2, 0) is 6.42 Å². The molecule has 0 radical (unpaired) electrons. The zero-order valence-corrected chi connectivity index (χ0v) is 9.85. The third-order valence-corrected chi connectivity index (χ3v) is 3.36. The molecule has 2 rings (SSSR count). The molecule has 1 aliphatic carbocycles. The molecule has 1 fully saturated rings. The molecule has 0 saturated heterocycles. The molecular formula is C12H20N2O2. The molecule has 1 unspecified atom stereocenters. The summed E-state index contributed by atoms with van der Waals surface area (Å²) in [5.74, 6) is 1.82. The van der Waals surface area contributed by atoms with E-state index in [1.807, 2.05) is 6.92 Å². The fourth-order valence-electron chi connectivity index (χ4n) is 2.31. The van der Waals surface area contributed by atoms with Gasteiger partial charge in [0.2, 0.25) is 5.89 Å². The molecule has 4 nitrogen and oxygen atoms in total. The number of hydrogen-bond acceptors (Lipinski definition) is 4. The van der Waals surface area contributed by atoms with Crippen LogP contribution in [0.5, 0.6) is 0 Å². The van der Waals surface area contributed by atoms with Gasteiger partial charge in [-0.1, -0.05) is 31.3 Å². The fourth-order valence-corrected chi connectivity index (χ4v) is 2.31. The smallest absolute Gasteiger partial charge is 0.227 e. The van der Waals surface area contributed by atoms with Crippen LogP contribution in [0.4, 0.5) is 0 Å². The van der Waals surface area contributed by atoms with Gasteiger partial charge in [-0.25, -0.2) is 0 Å². The van der Waals surface area contributed by atoms with Crippen LogP contribution in [0, 0.1) is 5.92 Å². The second-order valence-electron chi connectivity index (χ2n) is 4.68. The highest BCUT2D eigenvalue weighted by Crippen LogP contribution is 2.26. The first kappa shape index (κ1) is 11.6. The van der Waals surface area contributed by atoms with E-state index in [9.17, 15) is 5.11 Å². The van der Waals surface area contributed by atoms with Crippen molar-refractivity contribution in [1.29, 1.82) is 0 Å². The molecule has 4 heteroatoms. The van der Waals surface area contributed by atoms with Gasteiger partial charge in [0.25, 0.3) is 0 Å². The lowest BCUT2D eigenvalue weighted by Gasteiger charge is -2.19. The first-order valence-corrected chi connectivity index (χ1v) is 6.30. The van der Waals surface area contributed by atoms with Gasteiger partial charge < -0.3 is 9.63 Å². The van der Waals surface area contributed by atoms with Crippen molar-refractivity contribution in [1.82, 2.24) is 10.1 Å². The van der Waals surface area contributed by atoms with Crippen molar-refractivity contribution in [3.8, 4) is 0 Å². The van der Waals surface area contributed by atoms with Crippen LogP contribution in [0.3, 0.4) is 0 Å². The second-order valence-corrected chi connectivity index (χ2v) is 4.68. The quantitative estimate of drug-likeness (QED) is 0.854. The van der Waals surface area contributed by atoms with E-state index in [-0.39, 0.29) is 0 Å². The molecule has 0 aromatic carbocycles. The minimum atomic E-state index is -0.580. The summed E-state index contributed by atoms with van der Waals surface area (Å²) in [6.07, 6.45) is 7.48. The standard InChI is InChI=1S/C12H20N2O2/c1-2-10(15)12-13-11(16-14-12)8-9-6-4-3-5-7-9/h9-10,15H,2-8H2,1H3. The zero-order chi connectivity index (χ0) is 11.4. The Kier molecular flexibility index (Phi) is 3.93. The Bertz CT molecular complexity index is 319. The van der Waals surface area contributed by atoms with Gasteiger partial charge in [-0.2, -0.15) is 4.98 Å². The number of aliphatic hydroxyl groups excluding tert-OH is 1. The molecule has 0 spiro atoms. The number of rotatable bonds is 4. The lowest BCUT2D eigenvalue weighted by Crippen LogP contribution is -2.09. The first-order valence-electron chi connectivity index (χ1n) is 6.30. The van der Waals surface area contributed by atoms with Crippen LogP contribution in [0.2, 0.25) is 0 Å².